The van der Waals surface area contributed by atoms with Crippen LogP contribution in [0.5, 0.6) is 0 Å². The zero-order chi connectivity index (χ0) is 13.5. The van der Waals surface area contributed by atoms with Crippen molar-refractivity contribution in [1.29, 1.82) is 0 Å². The van der Waals surface area contributed by atoms with Crippen LogP contribution in [-0.2, 0) is 12.7 Å². The molecule has 0 amide bonds. The van der Waals surface area contributed by atoms with E-state index in [1.165, 1.54) is 31.4 Å². The molecule has 1 aromatic carbocycles. The molecule has 3 aliphatic heterocycles. The molecule has 5 heteroatoms. The van der Waals surface area contributed by atoms with E-state index in [4.69, 9.17) is 0 Å². The van der Waals surface area contributed by atoms with Gasteiger partial charge >= 0.3 is 6.18 Å². The van der Waals surface area contributed by atoms with E-state index >= 15 is 0 Å². The van der Waals surface area contributed by atoms with Crippen LogP contribution in [0.25, 0.3) is 0 Å². The Morgan fingerprint density at radius 1 is 1.05 bits per heavy atom. The molecule has 0 radical (unpaired) electrons. The van der Waals surface area contributed by atoms with Crippen LogP contribution in [0.1, 0.15) is 30.4 Å². The maximum absolute atomic E-state index is 12.7. The predicted octanol–water partition coefficient (Wildman–Crippen LogP) is 0.840. The van der Waals surface area contributed by atoms with E-state index in [-0.39, 0.29) is 12.4 Å². The molecule has 20 heavy (non-hydrogen) atoms. The Hall–Kier alpha value is -0.740. The summed E-state index contributed by atoms with van der Waals surface area (Å²) in [5.41, 5.74) is 0.310. The first kappa shape index (κ1) is 15.6. The SMILES string of the molecule is FC(F)(F)c1cccc(C[N+]23CCC(CC2)CC3)c1.[Cl-]. The summed E-state index contributed by atoms with van der Waals surface area (Å²) in [6.07, 6.45) is -0.484. The second-order valence-corrected chi connectivity index (χ2v) is 6.10. The van der Waals surface area contributed by atoms with Gasteiger partial charge < -0.3 is 16.9 Å². The Morgan fingerprint density at radius 2 is 1.65 bits per heavy atom. The van der Waals surface area contributed by atoms with Gasteiger partial charge in [0.25, 0.3) is 0 Å². The van der Waals surface area contributed by atoms with Gasteiger partial charge in [-0.05, 0) is 37.3 Å². The highest BCUT2D eigenvalue weighted by atomic mass is 35.5. The average Bonchev–Trinajstić information content (AvgIpc) is 2.39. The highest BCUT2D eigenvalue weighted by Gasteiger charge is 2.40. The number of piperidine rings is 3. The molecule has 112 valence electrons. The second-order valence-electron chi connectivity index (χ2n) is 6.10. The molecule has 0 N–H and O–H groups in total. The third-order valence-electron chi connectivity index (χ3n) is 4.81. The van der Waals surface area contributed by atoms with Crippen LogP contribution in [0, 0.1) is 5.92 Å². The molecule has 3 fully saturated rings. The first-order valence-corrected chi connectivity index (χ1v) is 6.98. The van der Waals surface area contributed by atoms with E-state index in [1.807, 2.05) is 6.07 Å². The van der Waals surface area contributed by atoms with Gasteiger partial charge in [0.05, 0.1) is 25.2 Å². The molecule has 0 unspecified atom stereocenters. The fourth-order valence-electron chi connectivity index (χ4n) is 3.61. The molecular formula is C15H19ClF3N. The molecule has 0 saturated carbocycles. The number of hydrogen-bond donors (Lipinski definition) is 0. The average molecular weight is 306 g/mol. The topological polar surface area (TPSA) is 0 Å². The van der Waals surface area contributed by atoms with Crippen molar-refractivity contribution in [3.8, 4) is 0 Å². The Kier molecular flexibility index (Phi) is 4.35. The van der Waals surface area contributed by atoms with Crippen LogP contribution in [0.4, 0.5) is 13.2 Å². The van der Waals surface area contributed by atoms with Crippen LogP contribution in [0.15, 0.2) is 24.3 Å². The molecule has 0 atom stereocenters. The summed E-state index contributed by atoms with van der Waals surface area (Å²) in [6, 6.07) is 5.86. The van der Waals surface area contributed by atoms with Crippen molar-refractivity contribution in [3.05, 3.63) is 35.4 Å². The van der Waals surface area contributed by atoms with Crippen molar-refractivity contribution in [2.45, 2.75) is 32.0 Å². The summed E-state index contributed by atoms with van der Waals surface area (Å²) in [5, 5.41) is 0. The van der Waals surface area contributed by atoms with Gasteiger partial charge in [0.2, 0.25) is 0 Å². The fraction of sp³-hybridized carbons (Fsp3) is 0.600. The fourth-order valence-corrected chi connectivity index (χ4v) is 3.61. The molecule has 4 rings (SSSR count). The van der Waals surface area contributed by atoms with Crippen LogP contribution in [0.3, 0.4) is 0 Å². The summed E-state index contributed by atoms with van der Waals surface area (Å²) >= 11 is 0. The van der Waals surface area contributed by atoms with Crippen LogP contribution in [0.2, 0.25) is 0 Å². The maximum atomic E-state index is 12.7. The number of rotatable bonds is 2. The van der Waals surface area contributed by atoms with Gasteiger partial charge in [0, 0.05) is 5.56 Å². The van der Waals surface area contributed by atoms with E-state index in [0.717, 1.165) is 48.2 Å². The summed E-state index contributed by atoms with van der Waals surface area (Å²) < 4.78 is 39.2. The third-order valence-corrected chi connectivity index (χ3v) is 4.81. The lowest BCUT2D eigenvalue weighted by Crippen LogP contribution is -3.00. The lowest BCUT2D eigenvalue weighted by Gasteiger charge is -2.49. The van der Waals surface area contributed by atoms with Crippen molar-refractivity contribution >= 4 is 0 Å². The van der Waals surface area contributed by atoms with E-state index in [9.17, 15) is 13.2 Å². The molecule has 1 nitrogen and oxygen atoms in total. The maximum Gasteiger partial charge on any atom is 0.416 e. The minimum Gasteiger partial charge on any atom is -1.00 e. The number of quaternary nitrogens is 1. The van der Waals surface area contributed by atoms with Crippen LogP contribution in [-0.4, -0.2) is 24.1 Å². The van der Waals surface area contributed by atoms with Crippen molar-refractivity contribution in [1.82, 2.24) is 0 Å². The zero-order valence-corrected chi connectivity index (χ0v) is 12.1. The number of nitrogens with zero attached hydrogens (tertiary/aromatic N) is 1. The molecule has 3 saturated heterocycles. The molecule has 2 bridgehead atoms. The number of hydrogen-bond acceptors (Lipinski definition) is 0. The number of fused-ring (bicyclic) bond motifs is 3. The van der Waals surface area contributed by atoms with Gasteiger partial charge in [-0.1, -0.05) is 12.1 Å². The molecular weight excluding hydrogens is 287 g/mol. The van der Waals surface area contributed by atoms with E-state index in [0.29, 0.717) is 0 Å². The lowest BCUT2D eigenvalue weighted by molar-refractivity contribution is -0.955. The summed E-state index contributed by atoms with van der Waals surface area (Å²) in [6.45, 7) is 4.18. The van der Waals surface area contributed by atoms with E-state index < -0.39 is 11.7 Å². The van der Waals surface area contributed by atoms with E-state index in [1.54, 1.807) is 0 Å². The highest BCUT2D eigenvalue weighted by Crippen LogP contribution is 2.36. The summed E-state index contributed by atoms with van der Waals surface area (Å²) in [4.78, 5) is 0. The number of halogens is 4. The van der Waals surface area contributed by atoms with Gasteiger partial charge in [-0.15, -0.1) is 0 Å². The first-order valence-electron chi connectivity index (χ1n) is 6.98. The van der Waals surface area contributed by atoms with Crippen LogP contribution >= 0.6 is 0 Å². The standard InChI is InChI=1S/C15H19F3N.ClH/c16-15(17,18)14-3-1-2-13(10-14)11-19-7-4-12(5-8-19)6-9-19;/h1-3,10,12H,4-9,11H2;1H/q+1;/p-1. The molecule has 0 spiro atoms. The van der Waals surface area contributed by atoms with Gasteiger partial charge in [0.1, 0.15) is 6.54 Å². The molecule has 0 aliphatic carbocycles. The minimum absolute atomic E-state index is 0. The second kappa shape index (κ2) is 5.57. The number of alkyl halides is 3. The van der Waals surface area contributed by atoms with Gasteiger partial charge in [-0.25, -0.2) is 0 Å². The largest absolute Gasteiger partial charge is 1.00 e. The van der Waals surface area contributed by atoms with Gasteiger partial charge in [0.15, 0.2) is 0 Å². The van der Waals surface area contributed by atoms with Crippen molar-refractivity contribution in [2.75, 3.05) is 19.6 Å². The third kappa shape index (κ3) is 3.12. The number of benzene rings is 1. The van der Waals surface area contributed by atoms with Gasteiger partial charge in [-0.3, -0.25) is 0 Å². The monoisotopic (exact) mass is 305 g/mol. The van der Waals surface area contributed by atoms with Crippen molar-refractivity contribution in [2.24, 2.45) is 5.92 Å². The van der Waals surface area contributed by atoms with Crippen molar-refractivity contribution in [3.63, 3.8) is 0 Å². The van der Waals surface area contributed by atoms with Crippen molar-refractivity contribution < 1.29 is 30.1 Å². The molecule has 3 heterocycles. The smallest absolute Gasteiger partial charge is 0.416 e. The summed E-state index contributed by atoms with van der Waals surface area (Å²) in [7, 11) is 0. The van der Waals surface area contributed by atoms with Gasteiger partial charge in [-0.2, -0.15) is 13.2 Å². The Morgan fingerprint density at radius 3 is 2.20 bits per heavy atom. The normalized spacial score (nSPS) is 29.1. The quantitative estimate of drug-likeness (QED) is 0.711. The first-order chi connectivity index (χ1) is 8.97. The lowest BCUT2D eigenvalue weighted by atomic mass is 9.85. The Balaban J connectivity index is 0.00000147. The molecule has 1 aromatic rings. The van der Waals surface area contributed by atoms with E-state index in [2.05, 4.69) is 0 Å². The predicted molar refractivity (Wildman–Crippen MR) is 67.4 cm³/mol. The molecule has 3 aliphatic rings. The highest BCUT2D eigenvalue weighted by molar-refractivity contribution is 5.25. The zero-order valence-electron chi connectivity index (χ0n) is 11.3. The molecule has 0 aromatic heterocycles. The Bertz CT molecular complexity index is 451. The minimum atomic E-state index is -4.23. The summed E-state index contributed by atoms with van der Waals surface area (Å²) in [5.74, 6) is 0.876. The Labute approximate surface area is 123 Å². The van der Waals surface area contributed by atoms with Crippen LogP contribution < -0.4 is 12.4 Å².